The van der Waals surface area contributed by atoms with E-state index < -0.39 is 0 Å². The Morgan fingerprint density at radius 1 is 1.53 bits per heavy atom. The lowest BCUT2D eigenvalue weighted by atomic mass is 10.3. The molecule has 0 aromatic heterocycles. The van der Waals surface area contributed by atoms with E-state index in [1.165, 1.54) is 13.3 Å². The van der Waals surface area contributed by atoms with Crippen molar-refractivity contribution in [1.29, 1.82) is 10.8 Å². The number of rotatable bonds is 8. The van der Waals surface area contributed by atoms with Crippen LogP contribution >= 0.6 is 0 Å². The number of nitrogens with zero attached hydrogens (tertiary/aromatic N) is 2. The van der Waals surface area contributed by atoms with Crippen LogP contribution in [0.3, 0.4) is 0 Å². The van der Waals surface area contributed by atoms with Crippen LogP contribution in [0.2, 0.25) is 0 Å². The zero-order valence-electron chi connectivity index (χ0n) is 10.0. The van der Waals surface area contributed by atoms with Crippen molar-refractivity contribution >= 4 is 23.9 Å². The van der Waals surface area contributed by atoms with Gasteiger partial charge in [0.25, 0.3) is 0 Å². The fourth-order valence-corrected chi connectivity index (χ4v) is 0.754. The minimum atomic E-state index is 0.218. The third-order valence-corrected chi connectivity index (χ3v) is 1.60. The highest BCUT2D eigenvalue weighted by molar-refractivity contribution is 6.36. The van der Waals surface area contributed by atoms with Crippen molar-refractivity contribution in [3.8, 4) is 0 Å². The number of ether oxygens (including phenoxy) is 1. The van der Waals surface area contributed by atoms with E-state index in [4.69, 9.17) is 15.6 Å². The Kier molecular flexibility index (Phi) is 7.83. The number of methoxy groups -OCH3 is 1. The monoisotopic (exact) mass is 235 g/mol. The molecule has 6 heteroatoms. The Morgan fingerprint density at radius 2 is 2.24 bits per heavy atom. The van der Waals surface area contributed by atoms with Gasteiger partial charge in [-0.2, -0.15) is 5.10 Å². The average Bonchev–Trinajstić information content (AvgIpc) is 2.34. The fourth-order valence-electron chi connectivity index (χ4n) is 0.754. The van der Waals surface area contributed by atoms with E-state index in [-0.39, 0.29) is 18.0 Å². The van der Waals surface area contributed by atoms with Crippen LogP contribution in [0.15, 0.2) is 34.7 Å². The number of allylic oxidation sites excluding steroid dienone is 2. The lowest BCUT2D eigenvalue weighted by molar-refractivity contribution is 0.317. The predicted molar refractivity (Wildman–Crippen MR) is 71.4 cm³/mol. The summed E-state index contributed by atoms with van der Waals surface area (Å²) in [5.74, 6) is 0.293. The molecule has 0 unspecified atom stereocenters. The zero-order chi connectivity index (χ0) is 13.1. The Hall–Kier alpha value is -2.24. The minimum Gasteiger partial charge on any atom is -0.495 e. The van der Waals surface area contributed by atoms with Gasteiger partial charge in [-0.05, 0) is 6.92 Å². The van der Waals surface area contributed by atoms with Gasteiger partial charge < -0.3 is 21.0 Å². The summed E-state index contributed by atoms with van der Waals surface area (Å²) < 4.78 is 4.83. The molecule has 0 atom stereocenters. The second-order valence-electron chi connectivity index (χ2n) is 2.89. The number of hydrazone groups is 1. The van der Waals surface area contributed by atoms with Gasteiger partial charge in [0.15, 0.2) is 0 Å². The van der Waals surface area contributed by atoms with Gasteiger partial charge in [-0.25, -0.2) is 0 Å². The minimum absolute atomic E-state index is 0.218. The van der Waals surface area contributed by atoms with Crippen molar-refractivity contribution in [3.05, 3.63) is 24.6 Å². The van der Waals surface area contributed by atoms with Gasteiger partial charge >= 0.3 is 0 Å². The van der Waals surface area contributed by atoms with Crippen LogP contribution < -0.4 is 5.43 Å². The fraction of sp³-hybridized carbons (Fsp3) is 0.273. The molecule has 0 radical (unpaired) electrons. The molecule has 0 heterocycles. The molecule has 0 saturated carbocycles. The highest BCUT2D eigenvalue weighted by atomic mass is 16.5. The molecule has 0 aromatic rings. The summed E-state index contributed by atoms with van der Waals surface area (Å²) in [7, 11) is 1.45. The maximum Gasteiger partial charge on any atom is 0.142 e. The van der Waals surface area contributed by atoms with Crippen molar-refractivity contribution in [2.75, 3.05) is 13.7 Å². The van der Waals surface area contributed by atoms with E-state index in [1.807, 2.05) is 6.92 Å². The van der Waals surface area contributed by atoms with Crippen LogP contribution in [0.25, 0.3) is 0 Å². The second kappa shape index (κ2) is 9.02. The zero-order valence-corrected chi connectivity index (χ0v) is 10.0. The molecule has 6 nitrogen and oxygen atoms in total. The Bertz CT molecular complexity index is 368. The molecule has 0 aliphatic rings. The smallest absolute Gasteiger partial charge is 0.142 e. The van der Waals surface area contributed by atoms with Crippen LogP contribution in [0.5, 0.6) is 0 Å². The van der Waals surface area contributed by atoms with Gasteiger partial charge in [-0.3, -0.25) is 4.99 Å². The second-order valence-corrected chi connectivity index (χ2v) is 2.89. The first kappa shape index (κ1) is 14.8. The van der Waals surface area contributed by atoms with Crippen molar-refractivity contribution in [2.24, 2.45) is 10.1 Å². The first-order valence-electron chi connectivity index (χ1n) is 4.91. The molecule has 0 rings (SSSR count). The average molecular weight is 235 g/mol. The Balaban J connectivity index is 4.19. The van der Waals surface area contributed by atoms with Crippen molar-refractivity contribution in [3.63, 3.8) is 0 Å². The van der Waals surface area contributed by atoms with Crippen LogP contribution in [0, 0.1) is 10.8 Å². The van der Waals surface area contributed by atoms with E-state index in [0.717, 1.165) is 6.21 Å². The Labute approximate surface area is 101 Å². The molecule has 0 aliphatic heterocycles. The number of hydrogen-bond donors (Lipinski definition) is 3. The molecule has 17 heavy (non-hydrogen) atoms. The molecular weight excluding hydrogens is 218 g/mol. The molecule has 0 fully saturated rings. The maximum absolute atomic E-state index is 7.49. The molecular formula is C11H17N5O. The molecule has 0 bridgehead atoms. The van der Waals surface area contributed by atoms with E-state index >= 15 is 0 Å². The molecule has 0 spiro atoms. The largest absolute Gasteiger partial charge is 0.495 e. The van der Waals surface area contributed by atoms with Crippen molar-refractivity contribution in [2.45, 2.75) is 6.92 Å². The maximum atomic E-state index is 7.49. The number of nitrogens with one attached hydrogen (secondary N) is 3. The molecule has 3 N–H and O–H groups in total. The predicted octanol–water partition coefficient (Wildman–Crippen LogP) is 1.37. The number of aliphatic imine (C=N–C) groups is 1. The van der Waals surface area contributed by atoms with Gasteiger partial charge in [0.2, 0.25) is 0 Å². The quantitative estimate of drug-likeness (QED) is 0.336. The summed E-state index contributed by atoms with van der Waals surface area (Å²) in [6.07, 6.45) is 5.80. The highest BCUT2D eigenvalue weighted by Crippen LogP contribution is 1.91. The highest BCUT2D eigenvalue weighted by Gasteiger charge is 2.00. The Morgan fingerprint density at radius 3 is 2.76 bits per heavy atom. The first-order valence-corrected chi connectivity index (χ1v) is 4.91. The third kappa shape index (κ3) is 6.77. The van der Waals surface area contributed by atoms with Gasteiger partial charge in [-0.1, -0.05) is 12.7 Å². The van der Waals surface area contributed by atoms with Crippen LogP contribution in [-0.2, 0) is 4.74 Å². The van der Waals surface area contributed by atoms with Crippen LogP contribution in [0.4, 0.5) is 0 Å². The molecule has 0 aromatic carbocycles. The topological polar surface area (TPSA) is 93.7 Å². The van der Waals surface area contributed by atoms with Gasteiger partial charge in [-0.15, -0.1) is 0 Å². The van der Waals surface area contributed by atoms with Gasteiger partial charge in [0, 0.05) is 18.6 Å². The third-order valence-electron chi connectivity index (χ3n) is 1.60. The molecule has 0 saturated heterocycles. The first-order chi connectivity index (χ1) is 8.15. The lowest BCUT2D eigenvalue weighted by Crippen LogP contribution is -2.21. The normalized spacial score (nSPS) is 11.8. The summed E-state index contributed by atoms with van der Waals surface area (Å²) in [6, 6.07) is 0. The van der Waals surface area contributed by atoms with Gasteiger partial charge in [0.05, 0.1) is 19.4 Å². The lowest BCUT2D eigenvalue weighted by Gasteiger charge is -2.04. The SMILES string of the molecule is C=C(OC)/C(C=N)=N/NCC(=N)C=N/C=C\C. The summed E-state index contributed by atoms with van der Waals surface area (Å²) >= 11 is 0. The summed E-state index contributed by atoms with van der Waals surface area (Å²) in [6.45, 7) is 5.63. The van der Waals surface area contributed by atoms with E-state index in [0.29, 0.717) is 5.76 Å². The summed E-state index contributed by atoms with van der Waals surface area (Å²) in [5, 5.41) is 18.4. The van der Waals surface area contributed by atoms with Crippen LogP contribution in [-0.4, -0.2) is 37.5 Å². The van der Waals surface area contributed by atoms with Crippen molar-refractivity contribution < 1.29 is 4.74 Å². The van der Waals surface area contributed by atoms with E-state index in [9.17, 15) is 0 Å². The number of hydrogen-bond acceptors (Lipinski definition) is 6. The molecule has 0 aliphatic carbocycles. The summed E-state index contributed by atoms with van der Waals surface area (Å²) in [4.78, 5) is 3.85. The summed E-state index contributed by atoms with van der Waals surface area (Å²) in [5.41, 5.74) is 3.19. The van der Waals surface area contributed by atoms with E-state index in [2.05, 4.69) is 22.1 Å². The molecule has 0 amide bonds. The standard InChI is InChI=1S/C11H17N5O/c1-4-5-14-7-10(13)8-15-16-11(6-12)9(2)17-3/h4-7,12-13,15H,2,8H2,1,3H3/b5-4-,12-6?,13-10?,14-7?,16-11+. The van der Waals surface area contributed by atoms with Crippen molar-refractivity contribution in [1.82, 2.24) is 5.43 Å². The molecule has 92 valence electrons. The van der Waals surface area contributed by atoms with Crippen LogP contribution in [0.1, 0.15) is 6.92 Å². The van der Waals surface area contributed by atoms with Gasteiger partial charge in [0.1, 0.15) is 11.5 Å². The van der Waals surface area contributed by atoms with E-state index in [1.54, 1.807) is 12.3 Å².